The number of nitrogens with zero attached hydrogens (tertiary/aromatic N) is 2. The monoisotopic (exact) mass is 538 g/mol. The molecule has 0 atom stereocenters. The Balaban J connectivity index is 0.000000499. The predicted octanol–water partition coefficient (Wildman–Crippen LogP) is 8.56. The van der Waals surface area contributed by atoms with Crippen LogP contribution >= 0.6 is 0 Å². The van der Waals surface area contributed by atoms with Gasteiger partial charge in [0.15, 0.2) is 0 Å². The lowest BCUT2D eigenvalue weighted by Gasteiger charge is -2.11. The van der Waals surface area contributed by atoms with Crippen molar-refractivity contribution in [3.8, 4) is 0 Å². The summed E-state index contributed by atoms with van der Waals surface area (Å²) >= 11 is 0. The first-order valence-electron chi connectivity index (χ1n) is 12.5. The summed E-state index contributed by atoms with van der Waals surface area (Å²) in [7, 11) is 1.73. The molecule has 0 spiro atoms. The van der Waals surface area contributed by atoms with E-state index in [-0.39, 0.29) is 5.69 Å². The molecule has 0 aliphatic heterocycles. The highest BCUT2D eigenvalue weighted by molar-refractivity contribution is 6.00. The van der Waals surface area contributed by atoms with Crippen LogP contribution in [-0.4, -0.2) is 25.3 Å². The molecule has 0 radical (unpaired) electrons. The maximum atomic E-state index is 12.7. The zero-order valence-corrected chi connectivity index (χ0v) is 22.3. The van der Waals surface area contributed by atoms with Crippen LogP contribution in [0.3, 0.4) is 0 Å². The van der Waals surface area contributed by atoms with Gasteiger partial charge in [-0.1, -0.05) is 61.0 Å². The van der Waals surface area contributed by atoms with Crippen molar-refractivity contribution in [2.24, 2.45) is 10.2 Å². The Hall–Kier alpha value is -4.27. The number of halogens is 3. The fraction of sp³-hybridized carbons (Fsp3) is 0.267. The number of carbonyl (C=O) groups excluding carboxylic acids is 1. The van der Waals surface area contributed by atoms with Crippen LogP contribution in [0, 0.1) is 11.8 Å². The van der Waals surface area contributed by atoms with E-state index in [9.17, 15) is 22.9 Å². The number of urea groups is 1. The van der Waals surface area contributed by atoms with E-state index < -0.39 is 17.8 Å². The molecule has 3 rings (SSSR count). The van der Waals surface area contributed by atoms with Gasteiger partial charge in [0.1, 0.15) is 5.69 Å². The number of aryl methyl sites for hydroxylation is 1. The topological polar surface area (TPSA) is 82.9 Å². The van der Waals surface area contributed by atoms with E-state index in [1.807, 2.05) is 37.3 Å². The number of hydrogen-bond donors (Lipinski definition) is 2. The minimum atomic E-state index is -4.45. The average Bonchev–Trinajstić information content (AvgIpc) is 2.93. The number of carbonyl (C=O) groups is 1. The number of benzene rings is 3. The summed E-state index contributed by atoms with van der Waals surface area (Å²) in [4.78, 5) is 26.1. The van der Waals surface area contributed by atoms with Crippen molar-refractivity contribution in [1.29, 1.82) is 0 Å². The largest absolute Gasteiger partial charge is 0.416 e. The summed E-state index contributed by atoms with van der Waals surface area (Å²) in [6, 6.07) is 21.2. The summed E-state index contributed by atoms with van der Waals surface area (Å²) in [6.45, 7) is 4.44. The van der Waals surface area contributed by atoms with E-state index in [2.05, 4.69) is 45.9 Å². The first-order chi connectivity index (χ1) is 18.7. The lowest BCUT2D eigenvalue weighted by molar-refractivity contribution is -0.137. The zero-order chi connectivity index (χ0) is 28.7. The number of allylic oxidation sites excluding steroid dienone is 2. The molecule has 0 saturated heterocycles. The summed E-state index contributed by atoms with van der Waals surface area (Å²) in [6.07, 6.45) is -0.172. The van der Waals surface area contributed by atoms with E-state index in [1.54, 1.807) is 19.2 Å². The number of nitrogens with one attached hydrogen (secondary N) is 2. The van der Waals surface area contributed by atoms with Crippen molar-refractivity contribution in [1.82, 2.24) is 5.32 Å². The maximum absolute atomic E-state index is 12.7. The Morgan fingerprint density at radius 3 is 2.26 bits per heavy atom. The Labute approximate surface area is 227 Å². The molecule has 9 heteroatoms. The third-order valence-electron chi connectivity index (χ3n) is 5.64. The van der Waals surface area contributed by atoms with Gasteiger partial charge in [-0.2, -0.15) is 13.2 Å². The molecule has 206 valence electrons. The minimum absolute atomic E-state index is 0.0940. The molecule has 0 unspecified atom stereocenters. The average molecular weight is 539 g/mol. The maximum Gasteiger partial charge on any atom is 0.416 e. The number of alkyl halides is 3. The second-order valence-electron chi connectivity index (χ2n) is 8.59. The Morgan fingerprint density at radius 1 is 0.974 bits per heavy atom. The molecule has 2 amide bonds. The number of hydrogen-bond acceptors (Lipinski definition) is 4. The highest BCUT2D eigenvalue weighted by Crippen LogP contribution is 2.30. The highest BCUT2D eigenvalue weighted by Gasteiger charge is 2.30. The van der Waals surface area contributed by atoms with Crippen LogP contribution in [0.15, 0.2) is 95.1 Å². The highest BCUT2D eigenvalue weighted by atomic mass is 19.4. The van der Waals surface area contributed by atoms with Crippen LogP contribution in [0.2, 0.25) is 0 Å². The first-order valence-corrected chi connectivity index (χ1v) is 12.5. The third-order valence-corrected chi connectivity index (χ3v) is 5.64. The normalized spacial score (nSPS) is 11.7. The van der Waals surface area contributed by atoms with Crippen LogP contribution in [0.4, 0.5) is 29.3 Å². The lowest BCUT2D eigenvalue weighted by Crippen LogP contribution is -2.29. The van der Waals surface area contributed by atoms with Gasteiger partial charge in [0.25, 0.3) is 0 Å². The number of anilines is 1. The summed E-state index contributed by atoms with van der Waals surface area (Å²) in [5, 5.41) is 7.85. The van der Waals surface area contributed by atoms with Gasteiger partial charge in [0.2, 0.25) is 0 Å². The summed E-state index contributed by atoms with van der Waals surface area (Å²) in [5.74, 6) is 0. The van der Waals surface area contributed by atoms with Crippen molar-refractivity contribution in [2.75, 3.05) is 18.9 Å². The molecule has 3 aromatic carbocycles. The summed E-state index contributed by atoms with van der Waals surface area (Å²) in [5.41, 5.74) is 4.18. The molecule has 0 saturated carbocycles. The van der Waals surface area contributed by atoms with Crippen LogP contribution in [0.25, 0.3) is 5.57 Å². The molecule has 0 aliphatic carbocycles. The van der Waals surface area contributed by atoms with Gasteiger partial charge in [-0.05, 0) is 78.9 Å². The van der Waals surface area contributed by atoms with Gasteiger partial charge in [-0.3, -0.25) is 4.99 Å². The minimum Gasteiger partial charge on any atom is -0.338 e. The van der Waals surface area contributed by atoms with Crippen molar-refractivity contribution in [3.63, 3.8) is 0 Å². The van der Waals surface area contributed by atoms with Gasteiger partial charge in [-0.15, -0.1) is 4.91 Å². The van der Waals surface area contributed by atoms with Gasteiger partial charge in [0, 0.05) is 25.0 Å². The van der Waals surface area contributed by atoms with Crippen LogP contribution < -0.4 is 10.6 Å². The molecule has 2 N–H and O–H groups in total. The molecule has 3 aromatic rings. The van der Waals surface area contributed by atoms with E-state index in [4.69, 9.17) is 0 Å². The quantitative estimate of drug-likeness (QED) is 0.162. The summed E-state index contributed by atoms with van der Waals surface area (Å²) < 4.78 is 38.2. The smallest absolute Gasteiger partial charge is 0.338 e. The Morgan fingerprint density at radius 2 is 1.67 bits per heavy atom. The van der Waals surface area contributed by atoms with E-state index in [0.29, 0.717) is 25.1 Å². The van der Waals surface area contributed by atoms with Gasteiger partial charge in [-0.25, -0.2) is 4.79 Å². The van der Waals surface area contributed by atoms with Gasteiger partial charge >= 0.3 is 12.2 Å². The lowest BCUT2D eigenvalue weighted by atomic mass is 10.0. The number of nitroso groups, excluding NO2 is 1. The van der Waals surface area contributed by atoms with E-state index in [1.165, 1.54) is 17.7 Å². The van der Waals surface area contributed by atoms with E-state index >= 15 is 0 Å². The van der Waals surface area contributed by atoms with Crippen LogP contribution in [0.1, 0.15) is 42.9 Å². The molecular formula is C30H33F3N4O2. The van der Waals surface area contributed by atoms with Crippen molar-refractivity contribution >= 4 is 28.7 Å². The third kappa shape index (κ3) is 11.3. The number of rotatable bonds is 9. The van der Waals surface area contributed by atoms with Crippen LogP contribution in [0.5, 0.6) is 0 Å². The molecule has 0 bridgehead atoms. The van der Waals surface area contributed by atoms with Crippen molar-refractivity contribution in [3.05, 3.63) is 107 Å². The molecule has 0 aromatic heterocycles. The standard InChI is InChI=1S/C23H26F3N3O.C7H7NO/c1-3-17(18-9-5-4-6-10-18)15-20(27-2)13-8-14-28-22(30)29-21-12-7-11-19(16-21)23(24,25)26;1-6-2-4-7(8-9)5-3-6/h4-7,9-12,15-16H,3,8,13-14H2,1-2H3,(H2,28,29,30);2-5H,1H3/b17-15+,27-20?;. The fourth-order valence-electron chi connectivity index (χ4n) is 3.52. The number of amides is 2. The van der Waals surface area contributed by atoms with Crippen molar-refractivity contribution in [2.45, 2.75) is 39.3 Å². The number of aliphatic imine (C=N–C) groups is 1. The second kappa shape index (κ2) is 15.9. The van der Waals surface area contributed by atoms with Crippen LogP contribution in [-0.2, 0) is 6.18 Å². The second-order valence-corrected chi connectivity index (χ2v) is 8.59. The van der Waals surface area contributed by atoms with Gasteiger partial charge in [0.05, 0.1) is 5.56 Å². The molecule has 6 nitrogen and oxygen atoms in total. The van der Waals surface area contributed by atoms with Gasteiger partial charge < -0.3 is 10.6 Å². The zero-order valence-electron chi connectivity index (χ0n) is 22.3. The van der Waals surface area contributed by atoms with E-state index in [0.717, 1.165) is 35.4 Å². The molecular weight excluding hydrogens is 505 g/mol. The molecule has 0 fully saturated rings. The molecule has 0 aliphatic rings. The molecule has 0 heterocycles. The molecule has 39 heavy (non-hydrogen) atoms. The first kappa shape index (κ1) is 31.0. The van der Waals surface area contributed by atoms with Crippen molar-refractivity contribution < 1.29 is 18.0 Å². The Bertz CT molecular complexity index is 1260. The fourth-order valence-corrected chi connectivity index (χ4v) is 3.52. The predicted molar refractivity (Wildman–Crippen MR) is 152 cm³/mol. The SMILES string of the molecule is CC/C(=C\C(CCCNC(=O)Nc1cccc(C(F)(F)F)c1)=NC)c1ccccc1.Cc1ccc(N=O)cc1. The Kier molecular flexibility index (Phi) is 12.6.